The molecule has 0 saturated carbocycles. The van der Waals surface area contributed by atoms with E-state index in [2.05, 4.69) is 10.3 Å². The summed E-state index contributed by atoms with van der Waals surface area (Å²) >= 11 is 0. The van der Waals surface area contributed by atoms with Gasteiger partial charge in [0.2, 0.25) is 5.91 Å². The summed E-state index contributed by atoms with van der Waals surface area (Å²) in [6.45, 7) is 0. The SMILES string of the molecule is O=C(Cc1cccc(F)c1F)Nc1ccnc(C(=O)O)c1. The van der Waals surface area contributed by atoms with Gasteiger partial charge in [-0.25, -0.2) is 18.6 Å². The minimum atomic E-state index is -1.23. The highest BCUT2D eigenvalue weighted by Gasteiger charge is 2.12. The van der Waals surface area contributed by atoms with Crippen LogP contribution in [0.2, 0.25) is 0 Å². The number of carbonyl (C=O) groups is 2. The van der Waals surface area contributed by atoms with Gasteiger partial charge in [0.1, 0.15) is 5.69 Å². The summed E-state index contributed by atoms with van der Waals surface area (Å²) in [6, 6.07) is 6.12. The zero-order chi connectivity index (χ0) is 15.4. The Labute approximate surface area is 118 Å². The van der Waals surface area contributed by atoms with Crippen LogP contribution in [0.15, 0.2) is 36.5 Å². The lowest BCUT2D eigenvalue weighted by molar-refractivity contribution is -0.115. The van der Waals surface area contributed by atoms with E-state index in [-0.39, 0.29) is 23.4 Å². The predicted molar refractivity (Wildman–Crippen MR) is 69.9 cm³/mol. The number of aromatic nitrogens is 1. The maximum absolute atomic E-state index is 13.4. The Morgan fingerprint density at radius 1 is 1.24 bits per heavy atom. The zero-order valence-corrected chi connectivity index (χ0v) is 10.6. The molecule has 1 aromatic heterocycles. The van der Waals surface area contributed by atoms with Gasteiger partial charge >= 0.3 is 5.97 Å². The molecule has 2 rings (SSSR count). The molecule has 1 aromatic carbocycles. The molecule has 0 atom stereocenters. The standard InChI is InChI=1S/C14H10F2N2O3/c15-10-3-1-2-8(13(10)16)6-12(19)18-9-4-5-17-11(7-9)14(20)21/h1-5,7H,6H2,(H,20,21)(H,17,18,19). The van der Waals surface area contributed by atoms with Crippen molar-refractivity contribution in [1.82, 2.24) is 4.98 Å². The number of hydrogen-bond donors (Lipinski definition) is 2. The highest BCUT2D eigenvalue weighted by molar-refractivity contribution is 5.94. The van der Waals surface area contributed by atoms with Crippen LogP contribution >= 0.6 is 0 Å². The third-order valence-electron chi connectivity index (χ3n) is 2.65. The average molecular weight is 292 g/mol. The minimum Gasteiger partial charge on any atom is -0.477 e. The molecule has 21 heavy (non-hydrogen) atoms. The monoisotopic (exact) mass is 292 g/mol. The number of anilines is 1. The fraction of sp³-hybridized carbons (Fsp3) is 0.0714. The van der Waals surface area contributed by atoms with Crippen LogP contribution in [0.3, 0.4) is 0 Å². The van der Waals surface area contributed by atoms with Gasteiger partial charge in [-0.2, -0.15) is 0 Å². The summed E-state index contributed by atoms with van der Waals surface area (Å²) in [5.74, 6) is -3.93. The summed E-state index contributed by atoms with van der Waals surface area (Å²) in [5.41, 5.74) is -0.103. The lowest BCUT2D eigenvalue weighted by atomic mass is 10.1. The van der Waals surface area contributed by atoms with Gasteiger partial charge in [0.25, 0.3) is 0 Å². The molecule has 0 bridgehead atoms. The first-order chi connectivity index (χ1) is 9.97. The van der Waals surface area contributed by atoms with Crippen molar-refractivity contribution in [2.75, 3.05) is 5.32 Å². The Morgan fingerprint density at radius 3 is 2.71 bits per heavy atom. The second-order valence-electron chi connectivity index (χ2n) is 4.17. The molecule has 1 heterocycles. The summed E-state index contributed by atoms with van der Waals surface area (Å²) in [6.07, 6.45) is 0.857. The third-order valence-corrected chi connectivity index (χ3v) is 2.65. The first kappa shape index (κ1) is 14.6. The molecule has 0 spiro atoms. The number of hydrogen-bond acceptors (Lipinski definition) is 3. The lowest BCUT2D eigenvalue weighted by Crippen LogP contribution is -2.16. The molecule has 7 heteroatoms. The molecular weight excluding hydrogens is 282 g/mol. The van der Waals surface area contributed by atoms with Crippen molar-refractivity contribution in [1.29, 1.82) is 0 Å². The minimum absolute atomic E-state index is 0.0833. The quantitative estimate of drug-likeness (QED) is 0.905. The van der Waals surface area contributed by atoms with Crippen molar-refractivity contribution in [2.45, 2.75) is 6.42 Å². The zero-order valence-electron chi connectivity index (χ0n) is 10.6. The van der Waals surface area contributed by atoms with E-state index in [9.17, 15) is 18.4 Å². The van der Waals surface area contributed by atoms with E-state index in [1.165, 1.54) is 30.5 Å². The molecular formula is C14H10F2N2O3. The summed E-state index contributed by atoms with van der Waals surface area (Å²) in [4.78, 5) is 26.1. The molecule has 0 radical (unpaired) electrons. The van der Waals surface area contributed by atoms with Crippen molar-refractivity contribution >= 4 is 17.6 Å². The second kappa shape index (κ2) is 6.08. The van der Waals surface area contributed by atoms with Crippen LogP contribution in [0.1, 0.15) is 16.1 Å². The van der Waals surface area contributed by atoms with E-state index in [0.717, 1.165) is 6.07 Å². The first-order valence-corrected chi connectivity index (χ1v) is 5.89. The molecule has 0 saturated heterocycles. The summed E-state index contributed by atoms with van der Waals surface area (Å²) in [7, 11) is 0. The maximum atomic E-state index is 13.4. The van der Waals surface area contributed by atoms with Gasteiger partial charge in [-0.3, -0.25) is 4.79 Å². The van der Waals surface area contributed by atoms with Crippen molar-refractivity contribution in [3.63, 3.8) is 0 Å². The van der Waals surface area contributed by atoms with Gasteiger partial charge in [0.15, 0.2) is 11.6 Å². The molecule has 5 nitrogen and oxygen atoms in total. The van der Waals surface area contributed by atoms with Crippen LogP contribution in [-0.4, -0.2) is 22.0 Å². The number of aromatic carboxylic acids is 1. The fourth-order valence-corrected chi connectivity index (χ4v) is 1.69. The maximum Gasteiger partial charge on any atom is 0.354 e. The fourth-order valence-electron chi connectivity index (χ4n) is 1.69. The Morgan fingerprint density at radius 2 is 2.00 bits per heavy atom. The van der Waals surface area contributed by atoms with E-state index in [4.69, 9.17) is 5.11 Å². The van der Waals surface area contributed by atoms with E-state index < -0.39 is 23.5 Å². The number of carbonyl (C=O) groups excluding carboxylic acids is 1. The Bertz CT molecular complexity index is 704. The molecule has 2 N–H and O–H groups in total. The van der Waals surface area contributed by atoms with Crippen molar-refractivity contribution in [3.8, 4) is 0 Å². The van der Waals surface area contributed by atoms with Crippen LogP contribution in [0.25, 0.3) is 0 Å². The number of halogens is 2. The highest BCUT2D eigenvalue weighted by atomic mass is 19.2. The number of amides is 1. The van der Waals surface area contributed by atoms with E-state index >= 15 is 0 Å². The Hall–Kier alpha value is -2.83. The normalized spacial score (nSPS) is 10.2. The van der Waals surface area contributed by atoms with Gasteiger partial charge in [-0.05, 0) is 18.2 Å². The third kappa shape index (κ3) is 3.59. The van der Waals surface area contributed by atoms with Crippen LogP contribution in [0, 0.1) is 11.6 Å². The molecule has 0 aliphatic heterocycles. The van der Waals surface area contributed by atoms with Crippen LogP contribution in [0.4, 0.5) is 14.5 Å². The summed E-state index contributed by atoms with van der Waals surface area (Å²) in [5, 5.41) is 11.2. The number of nitrogens with zero attached hydrogens (tertiary/aromatic N) is 1. The lowest BCUT2D eigenvalue weighted by Gasteiger charge is -2.07. The molecule has 1 amide bonds. The van der Waals surface area contributed by atoms with Gasteiger partial charge in [-0.1, -0.05) is 12.1 Å². The number of carboxylic acid groups (broad SMARTS) is 1. The number of pyridine rings is 1. The number of benzene rings is 1. The molecule has 0 unspecified atom stereocenters. The number of rotatable bonds is 4. The van der Waals surface area contributed by atoms with Gasteiger partial charge in [-0.15, -0.1) is 0 Å². The van der Waals surface area contributed by atoms with E-state index in [1.807, 2.05) is 0 Å². The van der Waals surface area contributed by atoms with Crippen molar-refractivity contribution in [2.24, 2.45) is 0 Å². The second-order valence-corrected chi connectivity index (χ2v) is 4.17. The van der Waals surface area contributed by atoms with Gasteiger partial charge in [0.05, 0.1) is 6.42 Å². The average Bonchev–Trinajstić information content (AvgIpc) is 2.44. The Kier molecular flexibility index (Phi) is 4.22. The molecule has 0 aliphatic rings. The number of carboxylic acids is 1. The van der Waals surface area contributed by atoms with Crippen molar-refractivity contribution < 1.29 is 23.5 Å². The largest absolute Gasteiger partial charge is 0.477 e. The molecule has 108 valence electrons. The first-order valence-electron chi connectivity index (χ1n) is 5.89. The predicted octanol–water partition coefficient (Wildman–Crippen LogP) is 2.24. The molecule has 0 fully saturated rings. The highest BCUT2D eigenvalue weighted by Crippen LogP contribution is 2.13. The van der Waals surface area contributed by atoms with Gasteiger partial charge in [0, 0.05) is 17.4 Å². The summed E-state index contributed by atoms with van der Waals surface area (Å²) < 4.78 is 26.4. The molecule has 0 aliphatic carbocycles. The van der Waals surface area contributed by atoms with E-state index in [0.29, 0.717) is 0 Å². The topological polar surface area (TPSA) is 79.3 Å². The van der Waals surface area contributed by atoms with Gasteiger partial charge < -0.3 is 10.4 Å². The molecule has 2 aromatic rings. The van der Waals surface area contributed by atoms with E-state index in [1.54, 1.807) is 0 Å². The Balaban J connectivity index is 2.10. The number of nitrogens with one attached hydrogen (secondary N) is 1. The van der Waals surface area contributed by atoms with Crippen LogP contribution in [-0.2, 0) is 11.2 Å². The smallest absolute Gasteiger partial charge is 0.354 e. The van der Waals surface area contributed by atoms with Crippen LogP contribution in [0.5, 0.6) is 0 Å². The van der Waals surface area contributed by atoms with Crippen molar-refractivity contribution in [3.05, 3.63) is 59.4 Å². The van der Waals surface area contributed by atoms with Crippen LogP contribution < -0.4 is 5.32 Å².